The lowest BCUT2D eigenvalue weighted by Crippen LogP contribution is -2.55. The van der Waals surface area contributed by atoms with Crippen LogP contribution in [0.3, 0.4) is 0 Å². The minimum atomic E-state index is 0.117. The highest BCUT2D eigenvalue weighted by atomic mass is 15.0. The molecule has 0 saturated heterocycles. The summed E-state index contributed by atoms with van der Waals surface area (Å²) in [4.78, 5) is 14.9. The molecule has 0 spiro atoms. The van der Waals surface area contributed by atoms with E-state index >= 15 is 0 Å². The number of benzene rings is 8. The lowest BCUT2D eigenvalue weighted by Gasteiger charge is -2.25. The van der Waals surface area contributed by atoms with Crippen molar-refractivity contribution in [1.82, 2.24) is 15.0 Å². The number of nitrogens with zero attached hydrogens (tertiary/aromatic N) is 3. The van der Waals surface area contributed by atoms with Gasteiger partial charge in [0, 0.05) is 16.7 Å². The third-order valence-corrected chi connectivity index (χ3v) is 11.5. The van der Waals surface area contributed by atoms with E-state index in [1.807, 2.05) is 115 Å². The molecule has 0 atom stereocenters. The zero-order valence-corrected chi connectivity index (χ0v) is 33.2. The van der Waals surface area contributed by atoms with Gasteiger partial charge in [0.15, 0.2) is 17.5 Å². The molecule has 1 heterocycles. The van der Waals surface area contributed by atoms with Gasteiger partial charge in [-0.25, -0.2) is 15.0 Å². The maximum atomic E-state index is 6.62. The van der Waals surface area contributed by atoms with Gasteiger partial charge in [0.25, 0.3) is 0 Å². The molecule has 9 aromatic rings. The quantitative estimate of drug-likeness (QED) is 0.180. The van der Waals surface area contributed by atoms with Crippen molar-refractivity contribution in [2.75, 3.05) is 0 Å². The van der Waals surface area contributed by atoms with E-state index < -0.39 is 0 Å². The largest absolute Gasteiger partial charge is 0.208 e. The van der Waals surface area contributed by atoms with Crippen LogP contribution in [-0.2, 0) is 0 Å². The number of rotatable bonds is 6. The summed E-state index contributed by atoms with van der Waals surface area (Å²) in [6.45, 7) is 0. The van der Waals surface area contributed by atoms with E-state index in [4.69, 9.17) is 109 Å². The summed E-state index contributed by atoms with van der Waals surface area (Å²) >= 11 is 0. The van der Waals surface area contributed by atoms with E-state index in [0.717, 1.165) is 38.6 Å². The predicted molar refractivity (Wildman–Crippen MR) is 272 cm³/mol. The van der Waals surface area contributed by atoms with Gasteiger partial charge in [0.05, 0.1) is 0 Å². The summed E-state index contributed by atoms with van der Waals surface area (Å²) in [7, 11) is 76.6. The SMILES string of the molecule is [B]c1c([B])c([B])c(-c2ccc(-c3cccc(-c4nc(-c5ccccc5)nc(-c5ccc(-c6c([B])c([B])c([B])c7c([B])c([B])c([B])c([B])c67)cc5)n4)c3)c3ccccc23)c([B])c1[B]. The van der Waals surface area contributed by atoms with E-state index in [1.165, 1.54) is 0 Å². The second kappa shape index (κ2) is 16.1. The molecule has 62 heavy (non-hydrogen) atoms. The maximum Gasteiger partial charge on any atom is 0.164 e. The minimum Gasteiger partial charge on any atom is -0.208 e. The lowest BCUT2D eigenvalue weighted by molar-refractivity contribution is 1.07. The van der Waals surface area contributed by atoms with E-state index in [2.05, 4.69) is 0 Å². The monoisotopic (exact) mass is 757 g/mol. The zero-order valence-electron chi connectivity index (χ0n) is 33.2. The number of hydrogen-bond acceptors (Lipinski definition) is 3. The van der Waals surface area contributed by atoms with Crippen LogP contribution in [-0.4, -0.2) is 109 Å². The van der Waals surface area contributed by atoms with Crippen LogP contribution in [0, 0.1) is 0 Å². The lowest BCUT2D eigenvalue weighted by atomic mass is 9.59. The third-order valence-electron chi connectivity index (χ3n) is 11.5. The first kappa shape index (κ1) is 41.4. The number of fused-ring (bicyclic) bond motifs is 2. The van der Waals surface area contributed by atoms with Gasteiger partial charge >= 0.3 is 0 Å². The average Bonchev–Trinajstić information content (AvgIpc) is 3.30. The van der Waals surface area contributed by atoms with Crippen molar-refractivity contribution in [2.24, 2.45) is 0 Å². The first-order chi connectivity index (χ1) is 29.8. The van der Waals surface area contributed by atoms with Gasteiger partial charge in [-0.3, -0.25) is 0 Å². The molecular formula is C47H19B12N3. The normalized spacial score (nSPS) is 11.4. The highest BCUT2D eigenvalue weighted by molar-refractivity contribution is 6.72. The van der Waals surface area contributed by atoms with E-state index in [9.17, 15) is 0 Å². The highest BCUT2D eigenvalue weighted by Gasteiger charge is 2.20. The van der Waals surface area contributed by atoms with Gasteiger partial charge in [-0.15, -0.1) is 32.8 Å². The average molecular weight is 755 g/mol. The molecule has 8 aromatic carbocycles. The molecule has 0 bridgehead atoms. The van der Waals surface area contributed by atoms with Crippen molar-refractivity contribution in [1.29, 1.82) is 0 Å². The van der Waals surface area contributed by atoms with Crippen molar-refractivity contribution < 1.29 is 0 Å². The Morgan fingerprint density at radius 3 is 1.24 bits per heavy atom. The van der Waals surface area contributed by atoms with Gasteiger partial charge < -0.3 is 0 Å². The summed E-state index contributed by atoms with van der Waals surface area (Å²) in [5, 5.41) is 2.68. The molecule has 1 aromatic heterocycles. The third kappa shape index (κ3) is 6.76. The molecule has 3 nitrogen and oxygen atoms in total. The second-order valence-electron chi connectivity index (χ2n) is 15.0. The van der Waals surface area contributed by atoms with E-state index in [-0.39, 0.29) is 65.6 Å². The van der Waals surface area contributed by atoms with Crippen LogP contribution in [0.25, 0.3) is 89.1 Å². The first-order valence-corrected chi connectivity index (χ1v) is 19.3. The number of aromatic nitrogens is 3. The Kier molecular flexibility index (Phi) is 10.7. The summed E-state index contributed by atoms with van der Waals surface area (Å²) in [5.74, 6) is 1.39. The van der Waals surface area contributed by atoms with Crippen LogP contribution in [0.5, 0.6) is 0 Å². The van der Waals surface area contributed by atoms with Gasteiger partial charge in [-0.1, -0.05) is 142 Å². The zero-order chi connectivity index (χ0) is 43.7. The van der Waals surface area contributed by atoms with Crippen molar-refractivity contribution in [3.05, 3.63) is 115 Å². The molecule has 258 valence electrons. The standard InChI is InChI=1S/C47H19B12N3/c48-33-29(31-32(37(52)39(33)54)38(53)43(58)42(57)36(31)51)20-13-15-22(16-14-20)46-60-45(21-7-2-1-3-8-21)61-47(62-46)24-10-6-9-23(19-24)25-17-18-28(27-12-5-4-11-26(25)27)30-34(49)40(55)44(59)41(56)35(30)50/h1-19H. The molecule has 9 rings (SSSR count). The fraction of sp³-hybridized carbons (Fsp3) is 0. The van der Waals surface area contributed by atoms with Crippen LogP contribution in [0.1, 0.15) is 0 Å². The van der Waals surface area contributed by atoms with Crippen LogP contribution >= 0.6 is 0 Å². The van der Waals surface area contributed by atoms with Gasteiger partial charge in [0.1, 0.15) is 94.2 Å². The van der Waals surface area contributed by atoms with E-state index in [1.54, 1.807) is 0 Å². The Hall–Kier alpha value is -5.93. The molecule has 24 radical (unpaired) electrons. The second-order valence-corrected chi connectivity index (χ2v) is 15.0. The Bertz CT molecular complexity index is 3280. The Balaban J connectivity index is 1.17. The topological polar surface area (TPSA) is 38.7 Å². The Morgan fingerprint density at radius 1 is 0.258 bits per heavy atom. The van der Waals surface area contributed by atoms with Crippen LogP contribution in [0.15, 0.2) is 115 Å². The summed E-state index contributed by atoms with van der Waals surface area (Å²) < 4.78 is 0. The molecule has 0 saturated carbocycles. The van der Waals surface area contributed by atoms with Crippen molar-refractivity contribution in [3.8, 4) is 67.5 Å². The molecular weight excluding hydrogens is 736 g/mol. The molecule has 0 N–H and O–H groups in total. The fourth-order valence-electron chi connectivity index (χ4n) is 8.09. The smallest absolute Gasteiger partial charge is 0.164 e. The molecule has 0 amide bonds. The summed E-state index contributed by atoms with van der Waals surface area (Å²) in [5.41, 5.74) is 8.86. The molecule has 0 aliphatic carbocycles. The van der Waals surface area contributed by atoms with E-state index in [0.29, 0.717) is 50.5 Å². The van der Waals surface area contributed by atoms with Gasteiger partial charge in [0.2, 0.25) is 0 Å². The summed E-state index contributed by atoms with van der Waals surface area (Å²) in [6, 6.07) is 37.2. The van der Waals surface area contributed by atoms with Gasteiger partial charge in [-0.2, -0.15) is 0 Å². The molecule has 0 unspecified atom stereocenters. The predicted octanol–water partition coefficient (Wildman–Crippen LogP) is -2.29. The maximum absolute atomic E-state index is 6.62. The minimum absolute atomic E-state index is 0.117. The molecule has 15 heteroatoms. The van der Waals surface area contributed by atoms with Crippen LogP contribution < -0.4 is 65.6 Å². The van der Waals surface area contributed by atoms with Crippen LogP contribution in [0.4, 0.5) is 0 Å². The molecule has 0 aliphatic heterocycles. The van der Waals surface area contributed by atoms with Crippen molar-refractivity contribution in [2.45, 2.75) is 0 Å². The van der Waals surface area contributed by atoms with Gasteiger partial charge in [-0.05, 0) is 61.0 Å². The summed E-state index contributed by atoms with van der Waals surface area (Å²) in [6.07, 6.45) is 0. The first-order valence-electron chi connectivity index (χ1n) is 19.3. The Labute approximate surface area is 377 Å². The molecule has 0 aliphatic rings. The Morgan fingerprint density at radius 2 is 0.645 bits per heavy atom. The number of hydrogen-bond donors (Lipinski definition) is 0. The highest BCUT2D eigenvalue weighted by Crippen LogP contribution is 2.36. The fourth-order valence-corrected chi connectivity index (χ4v) is 8.09. The molecule has 0 fully saturated rings. The van der Waals surface area contributed by atoms with Crippen molar-refractivity contribution in [3.63, 3.8) is 0 Å². The van der Waals surface area contributed by atoms with Crippen molar-refractivity contribution >= 4 is 181 Å². The van der Waals surface area contributed by atoms with Crippen LogP contribution in [0.2, 0.25) is 0 Å².